The number of rotatable bonds is 9. The maximum absolute atomic E-state index is 13.9. The van der Waals surface area contributed by atoms with E-state index < -0.39 is 23.7 Å². The molecule has 158 valence electrons. The highest BCUT2D eigenvalue weighted by molar-refractivity contribution is 6.29. The number of ketones is 1. The Labute approximate surface area is 176 Å². The molecule has 0 fully saturated rings. The topological polar surface area (TPSA) is 66.5 Å². The first-order valence-corrected chi connectivity index (χ1v) is 10.5. The fourth-order valence-corrected chi connectivity index (χ4v) is 3.79. The quantitative estimate of drug-likeness (QED) is 0.419. The summed E-state index contributed by atoms with van der Waals surface area (Å²) in [5.41, 5.74) is 1.05. The summed E-state index contributed by atoms with van der Waals surface area (Å²) in [7, 11) is 0. The second-order valence-corrected chi connectivity index (χ2v) is 7.59. The number of anilines is 2. The minimum atomic E-state index is -1.13. The van der Waals surface area contributed by atoms with E-state index in [1.165, 1.54) is 24.6 Å². The maximum atomic E-state index is 13.9. The van der Waals surface area contributed by atoms with Crippen LogP contribution in [0.3, 0.4) is 0 Å². The Balaban J connectivity index is 1.74. The molecular weight excluding hydrogens is 383 g/mol. The predicted molar refractivity (Wildman–Crippen MR) is 115 cm³/mol. The molecule has 5 nitrogen and oxygen atoms in total. The maximum Gasteiger partial charge on any atom is 0.333 e. The highest BCUT2D eigenvalue weighted by Gasteiger charge is 2.44. The van der Waals surface area contributed by atoms with E-state index in [1.807, 2.05) is 6.07 Å². The van der Waals surface area contributed by atoms with Gasteiger partial charge >= 0.3 is 6.03 Å². The lowest BCUT2D eigenvalue weighted by Crippen LogP contribution is -2.39. The lowest BCUT2D eigenvalue weighted by molar-refractivity contribution is -0.128. The van der Waals surface area contributed by atoms with Crippen LogP contribution in [0, 0.1) is 5.82 Å². The third-order valence-corrected chi connectivity index (χ3v) is 5.34. The molecule has 3 rings (SSSR count). The van der Waals surface area contributed by atoms with Crippen LogP contribution in [0.4, 0.5) is 20.6 Å². The van der Waals surface area contributed by atoms with Crippen LogP contribution in [-0.2, 0) is 9.59 Å². The molecule has 0 bridgehead atoms. The van der Waals surface area contributed by atoms with Gasteiger partial charge in [-0.1, -0.05) is 57.2 Å². The van der Waals surface area contributed by atoms with Gasteiger partial charge in [-0.3, -0.25) is 9.59 Å². The fourth-order valence-electron chi connectivity index (χ4n) is 3.79. The van der Waals surface area contributed by atoms with Gasteiger partial charge < -0.3 is 5.32 Å². The highest BCUT2D eigenvalue weighted by Crippen LogP contribution is 2.39. The van der Waals surface area contributed by atoms with Gasteiger partial charge in [0.1, 0.15) is 17.5 Å². The number of carbonyl (C=O) groups is 3. The molecule has 1 atom stereocenters. The summed E-state index contributed by atoms with van der Waals surface area (Å²) in [6.07, 6.45) is 6.36. The normalized spacial score (nSPS) is 15.2. The summed E-state index contributed by atoms with van der Waals surface area (Å²) in [5, 5.41) is 2.66. The molecule has 1 aliphatic heterocycles. The van der Waals surface area contributed by atoms with E-state index in [2.05, 4.69) is 12.2 Å². The molecule has 30 heavy (non-hydrogen) atoms. The van der Waals surface area contributed by atoms with Gasteiger partial charge in [-0.25, -0.2) is 14.1 Å². The summed E-state index contributed by atoms with van der Waals surface area (Å²) in [6, 6.07) is 11.8. The third-order valence-electron chi connectivity index (χ3n) is 5.34. The number of fused-ring (bicyclic) bond motifs is 1. The van der Waals surface area contributed by atoms with Crippen molar-refractivity contribution >= 4 is 29.1 Å². The van der Waals surface area contributed by atoms with Crippen molar-refractivity contribution in [1.29, 1.82) is 0 Å². The molecular formula is C24H27FN2O3. The summed E-state index contributed by atoms with van der Waals surface area (Å²) < 4.78 is 13.9. The Hall–Kier alpha value is -3.02. The second-order valence-electron chi connectivity index (χ2n) is 7.59. The van der Waals surface area contributed by atoms with Crippen molar-refractivity contribution in [2.75, 3.05) is 10.2 Å². The zero-order valence-corrected chi connectivity index (χ0v) is 17.2. The van der Waals surface area contributed by atoms with E-state index in [4.69, 9.17) is 0 Å². The SMILES string of the molecule is CCCCCCCCC(=O)C1C(=O)N(C(=O)Nc2ccccc2)c2ccc(F)cc21. The van der Waals surface area contributed by atoms with Crippen molar-refractivity contribution in [3.05, 3.63) is 59.9 Å². The number of imide groups is 1. The second kappa shape index (κ2) is 10.1. The average molecular weight is 410 g/mol. The number of halogens is 1. The Bertz CT molecular complexity index is 914. The average Bonchev–Trinajstić information content (AvgIpc) is 3.02. The standard InChI is InChI=1S/C24H27FN2O3/c1-2-3-4-5-6-10-13-21(28)22-19-16-17(25)14-15-20(19)27(23(22)29)24(30)26-18-11-8-7-9-12-18/h7-9,11-12,14-16,22H,2-6,10,13H2,1H3,(H,26,30). The van der Waals surface area contributed by atoms with Crippen molar-refractivity contribution in [3.63, 3.8) is 0 Å². The van der Waals surface area contributed by atoms with Crippen LogP contribution < -0.4 is 10.2 Å². The van der Waals surface area contributed by atoms with E-state index in [0.29, 0.717) is 12.1 Å². The number of carbonyl (C=O) groups excluding carboxylic acids is 3. The van der Waals surface area contributed by atoms with Gasteiger partial charge in [0.05, 0.1) is 5.69 Å². The molecule has 0 spiro atoms. The number of hydrogen-bond donors (Lipinski definition) is 1. The lowest BCUT2D eigenvalue weighted by atomic mass is 9.92. The van der Waals surface area contributed by atoms with Crippen molar-refractivity contribution in [3.8, 4) is 0 Å². The Morgan fingerprint density at radius 2 is 1.70 bits per heavy atom. The zero-order chi connectivity index (χ0) is 21.5. The minimum absolute atomic E-state index is 0.243. The van der Waals surface area contributed by atoms with Crippen LogP contribution in [0.5, 0.6) is 0 Å². The van der Waals surface area contributed by atoms with Gasteiger partial charge in [0.25, 0.3) is 0 Å². The molecule has 1 heterocycles. The summed E-state index contributed by atoms with van der Waals surface area (Å²) in [6.45, 7) is 2.14. The number of amides is 3. The lowest BCUT2D eigenvalue weighted by Gasteiger charge is -2.17. The van der Waals surface area contributed by atoms with Crippen LogP contribution >= 0.6 is 0 Å². The summed E-state index contributed by atoms with van der Waals surface area (Å²) >= 11 is 0. The van der Waals surface area contributed by atoms with Gasteiger partial charge in [-0.05, 0) is 42.3 Å². The number of nitrogens with zero attached hydrogens (tertiary/aromatic N) is 1. The van der Waals surface area contributed by atoms with Crippen molar-refractivity contribution in [2.24, 2.45) is 0 Å². The van der Waals surface area contributed by atoms with Crippen LogP contribution in [0.25, 0.3) is 0 Å². The van der Waals surface area contributed by atoms with Gasteiger partial charge in [-0.15, -0.1) is 0 Å². The Kier molecular flexibility index (Phi) is 7.33. The van der Waals surface area contributed by atoms with Gasteiger partial charge in [0, 0.05) is 12.1 Å². The molecule has 0 saturated heterocycles. The van der Waals surface area contributed by atoms with Crippen LogP contribution in [0.1, 0.15) is 63.4 Å². The van der Waals surface area contributed by atoms with Crippen molar-refractivity contribution < 1.29 is 18.8 Å². The first-order valence-electron chi connectivity index (χ1n) is 10.5. The molecule has 1 aliphatic rings. The largest absolute Gasteiger partial charge is 0.333 e. The third kappa shape index (κ3) is 4.93. The van der Waals surface area contributed by atoms with Gasteiger partial charge in [-0.2, -0.15) is 0 Å². The van der Waals surface area contributed by atoms with Crippen LogP contribution in [-0.4, -0.2) is 17.7 Å². The van der Waals surface area contributed by atoms with Crippen LogP contribution in [0.15, 0.2) is 48.5 Å². The molecule has 0 aromatic heterocycles. The minimum Gasteiger partial charge on any atom is -0.307 e. The van der Waals surface area contributed by atoms with Crippen molar-refractivity contribution in [2.45, 2.75) is 57.8 Å². The fraction of sp³-hybridized carbons (Fsp3) is 0.375. The molecule has 3 amide bonds. The Morgan fingerprint density at radius 1 is 1.00 bits per heavy atom. The molecule has 0 aliphatic carbocycles. The molecule has 2 aromatic rings. The van der Waals surface area contributed by atoms with Crippen molar-refractivity contribution in [1.82, 2.24) is 0 Å². The molecule has 1 N–H and O–H groups in total. The first-order chi connectivity index (χ1) is 14.5. The number of benzene rings is 2. The van der Waals surface area contributed by atoms with E-state index in [-0.39, 0.29) is 23.5 Å². The predicted octanol–water partition coefficient (Wildman–Crippen LogP) is 5.81. The highest BCUT2D eigenvalue weighted by atomic mass is 19.1. The monoisotopic (exact) mass is 410 g/mol. The molecule has 0 saturated carbocycles. The van der Waals surface area contributed by atoms with E-state index in [0.717, 1.165) is 30.6 Å². The molecule has 6 heteroatoms. The first kappa shape index (κ1) is 21.7. The van der Waals surface area contributed by atoms with Crippen LogP contribution in [0.2, 0.25) is 0 Å². The van der Waals surface area contributed by atoms with E-state index in [1.54, 1.807) is 24.3 Å². The number of hydrogen-bond acceptors (Lipinski definition) is 3. The number of nitrogens with one attached hydrogen (secondary N) is 1. The number of para-hydroxylation sites is 1. The van der Waals surface area contributed by atoms with E-state index in [9.17, 15) is 18.8 Å². The number of unbranched alkanes of at least 4 members (excludes halogenated alkanes) is 5. The smallest absolute Gasteiger partial charge is 0.307 e. The summed E-state index contributed by atoms with van der Waals surface area (Å²) in [4.78, 5) is 39.6. The molecule has 0 radical (unpaired) electrons. The van der Waals surface area contributed by atoms with E-state index >= 15 is 0 Å². The zero-order valence-electron chi connectivity index (χ0n) is 17.2. The molecule has 2 aromatic carbocycles. The van der Waals surface area contributed by atoms with Gasteiger partial charge in [0.2, 0.25) is 5.91 Å². The number of urea groups is 1. The van der Waals surface area contributed by atoms with Gasteiger partial charge in [0.15, 0.2) is 0 Å². The number of Topliss-reactive ketones (excluding diaryl/α,β-unsaturated/α-hetero) is 1. The molecule has 1 unspecified atom stereocenters. The summed E-state index contributed by atoms with van der Waals surface area (Å²) in [5.74, 6) is -2.56. The Morgan fingerprint density at radius 3 is 2.43 bits per heavy atom.